The molecule has 1 fully saturated rings. The largest absolute Gasteiger partial charge is 0.334 e. The zero-order chi connectivity index (χ0) is 18.1. The Morgan fingerprint density at radius 3 is 2.62 bits per heavy atom. The van der Waals surface area contributed by atoms with Gasteiger partial charge in [-0.2, -0.15) is 0 Å². The molecule has 136 valence electrons. The van der Waals surface area contributed by atoms with Gasteiger partial charge >= 0.3 is 6.03 Å². The van der Waals surface area contributed by atoms with Crippen molar-refractivity contribution in [1.82, 2.24) is 15.1 Å². The number of fused-ring (bicyclic) bond motifs is 1. The van der Waals surface area contributed by atoms with E-state index in [0.717, 1.165) is 37.1 Å². The van der Waals surface area contributed by atoms with Gasteiger partial charge in [0.2, 0.25) is 0 Å². The molecule has 2 heterocycles. The van der Waals surface area contributed by atoms with Crippen LogP contribution in [0.5, 0.6) is 0 Å². The number of benzene rings is 2. The third-order valence-corrected chi connectivity index (χ3v) is 5.45. The van der Waals surface area contributed by atoms with Crippen LogP contribution in [0.2, 0.25) is 0 Å². The zero-order valence-corrected chi connectivity index (χ0v) is 15.0. The fourth-order valence-electron chi connectivity index (χ4n) is 4.10. The van der Waals surface area contributed by atoms with E-state index in [1.807, 2.05) is 17.0 Å². The fourth-order valence-corrected chi connectivity index (χ4v) is 4.10. The van der Waals surface area contributed by atoms with Crippen molar-refractivity contribution in [2.45, 2.75) is 24.9 Å². The number of halogens is 1. The average Bonchev–Trinajstić information content (AvgIpc) is 3.06. The van der Waals surface area contributed by atoms with Crippen LogP contribution < -0.4 is 5.32 Å². The number of nitrogens with zero attached hydrogens (tertiary/aromatic N) is 2. The van der Waals surface area contributed by atoms with Crippen LogP contribution in [0.4, 0.5) is 9.18 Å². The average molecular weight is 353 g/mol. The van der Waals surface area contributed by atoms with E-state index < -0.39 is 0 Å². The summed E-state index contributed by atoms with van der Waals surface area (Å²) in [5.74, 6) is -0.261. The molecular formula is C21H24FN3O. The molecule has 2 aliphatic heterocycles. The molecular weight excluding hydrogens is 329 g/mol. The topological polar surface area (TPSA) is 35.6 Å². The summed E-state index contributed by atoms with van der Waals surface area (Å²) < 4.78 is 13.4. The number of nitrogens with one attached hydrogen (secondary N) is 1. The highest BCUT2D eigenvalue weighted by molar-refractivity contribution is 5.76. The number of rotatable bonds is 2. The molecule has 4 rings (SSSR count). The van der Waals surface area contributed by atoms with Gasteiger partial charge in [0.1, 0.15) is 5.82 Å². The number of carbonyl (C=O) groups is 1. The molecule has 0 bridgehead atoms. The number of hydrogen-bond acceptors (Lipinski definition) is 2. The molecule has 4 nitrogen and oxygen atoms in total. The van der Waals surface area contributed by atoms with Crippen molar-refractivity contribution in [3.05, 3.63) is 71.0 Å². The molecule has 0 saturated carbocycles. The van der Waals surface area contributed by atoms with E-state index in [2.05, 4.69) is 29.4 Å². The molecule has 1 unspecified atom stereocenters. The second kappa shape index (κ2) is 7.08. The lowest BCUT2D eigenvalue weighted by Gasteiger charge is -2.38. The van der Waals surface area contributed by atoms with Crippen LogP contribution in [0.25, 0.3) is 0 Å². The van der Waals surface area contributed by atoms with E-state index in [-0.39, 0.29) is 23.9 Å². The summed E-state index contributed by atoms with van der Waals surface area (Å²) in [6.07, 6.45) is 1.82. The van der Waals surface area contributed by atoms with E-state index in [1.165, 1.54) is 17.7 Å². The Bertz CT molecular complexity index is 792. The Morgan fingerprint density at radius 2 is 1.88 bits per heavy atom. The Kier molecular flexibility index (Phi) is 4.64. The van der Waals surface area contributed by atoms with Gasteiger partial charge in [-0.05, 0) is 55.3 Å². The first-order valence-corrected chi connectivity index (χ1v) is 9.21. The lowest BCUT2D eigenvalue weighted by molar-refractivity contribution is 0.176. The first kappa shape index (κ1) is 17.0. The van der Waals surface area contributed by atoms with Crippen LogP contribution in [-0.2, 0) is 6.42 Å². The van der Waals surface area contributed by atoms with Crippen LogP contribution in [0, 0.1) is 5.82 Å². The van der Waals surface area contributed by atoms with Gasteiger partial charge in [0.25, 0.3) is 0 Å². The minimum atomic E-state index is -0.261. The van der Waals surface area contributed by atoms with E-state index in [4.69, 9.17) is 0 Å². The molecule has 1 N–H and O–H groups in total. The van der Waals surface area contributed by atoms with E-state index in [0.29, 0.717) is 6.54 Å². The standard InChI is InChI=1S/C21H24FN3O/c1-24-12-11-18(14-24)23-21(26)25-13-10-15-4-2-3-5-19(15)20(25)16-6-8-17(22)9-7-16/h2-9,18,20H,10-14H2,1H3,(H,23,26)/t18?,20-/m0/s1. The van der Waals surface area contributed by atoms with Crippen molar-refractivity contribution in [1.29, 1.82) is 0 Å². The summed E-state index contributed by atoms with van der Waals surface area (Å²) in [7, 11) is 2.07. The highest BCUT2D eigenvalue weighted by atomic mass is 19.1. The van der Waals surface area contributed by atoms with Gasteiger partial charge in [0.15, 0.2) is 0 Å². The summed E-state index contributed by atoms with van der Waals surface area (Å²) in [6.45, 7) is 2.56. The molecule has 1 saturated heterocycles. The number of carbonyl (C=O) groups excluding carboxylic acids is 1. The predicted molar refractivity (Wildman–Crippen MR) is 99.5 cm³/mol. The Morgan fingerprint density at radius 1 is 1.12 bits per heavy atom. The molecule has 2 aliphatic rings. The van der Waals surface area contributed by atoms with Crippen LogP contribution in [0.1, 0.15) is 29.2 Å². The number of likely N-dealkylation sites (tertiary alicyclic amines) is 1. The maximum atomic E-state index is 13.4. The lowest BCUT2D eigenvalue weighted by atomic mass is 9.88. The molecule has 26 heavy (non-hydrogen) atoms. The fraction of sp³-hybridized carbons (Fsp3) is 0.381. The molecule has 0 aromatic heterocycles. The van der Waals surface area contributed by atoms with Gasteiger partial charge < -0.3 is 15.1 Å². The van der Waals surface area contributed by atoms with Gasteiger partial charge in [-0.3, -0.25) is 0 Å². The molecule has 2 amide bonds. The number of hydrogen-bond donors (Lipinski definition) is 1. The minimum Gasteiger partial charge on any atom is -0.334 e. The quantitative estimate of drug-likeness (QED) is 0.900. The molecule has 0 radical (unpaired) electrons. The molecule has 5 heteroatoms. The van der Waals surface area contributed by atoms with Gasteiger partial charge in [0, 0.05) is 19.1 Å². The molecule has 0 spiro atoms. The summed E-state index contributed by atoms with van der Waals surface area (Å²) >= 11 is 0. The van der Waals surface area contributed by atoms with Gasteiger partial charge in [0.05, 0.1) is 6.04 Å². The normalized spacial score (nSPS) is 22.9. The van der Waals surface area contributed by atoms with Gasteiger partial charge in [-0.1, -0.05) is 36.4 Å². The summed E-state index contributed by atoms with van der Waals surface area (Å²) in [5.41, 5.74) is 3.33. The van der Waals surface area contributed by atoms with Crippen molar-refractivity contribution in [2.75, 3.05) is 26.7 Å². The highest BCUT2D eigenvalue weighted by Crippen LogP contribution is 2.35. The second-order valence-corrected chi connectivity index (χ2v) is 7.29. The second-order valence-electron chi connectivity index (χ2n) is 7.29. The molecule has 2 aromatic rings. The Balaban J connectivity index is 1.64. The van der Waals surface area contributed by atoms with Crippen molar-refractivity contribution in [2.24, 2.45) is 0 Å². The Hall–Kier alpha value is -2.40. The summed E-state index contributed by atoms with van der Waals surface area (Å²) in [6, 6.07) is 14.7. The predicted octanol–water partition coefficient (Wildman–Crippen LogP) is 3.19. The Labute approximate surface area is 153 Å². The molecule has 2 aromatic carbocycles. The van der Waals surface area contributed by atoms with E-state index in [1.54, 1.807) is 12.1 Å². The summed E-state index contributed by atoms with van der Waals surface area (Å²) in [4.78, 5) is 17.2. The monoisotopic (exact) mass is 353 g/mol. The number of urea groups is 1. The zero-order valence-electron chi connectivity index (χ0n) is 15.0. The first-order valence-electron chi connectivity index (χ1n) is 9.21. The van der Waals surface area contributed by atoms with Crippen molar-refractivity contribution in [3.8, 4) is 0 Å². The van der Waals surface area contributed by atoms with Crippen LogP contribution in [-0.4, -0.2) is 48.6 Å². The van der Waals surface area contributed by atoms with Crippen LogP contribution >= 0.6 is 0 Å². The van der Waals surface area contributed by atoms with Crippen LogP contribution in [0.15, 0.2) is 48.5 Å². The first-order chi connectivity index (χ1) is 12.6. The van der Waals surface area contributed by atoms with Gasteiger partial charge in [-0.25, -0.2) is 9.18 Å². The summed E-state index contributed by atoms with van der Waals surface area (Å²) in [5, 5.41) is 3.19. The SMILES string of the molecule is CN1CCC(NC(=O)N2CCc3ccccc3[C@@H]2c2ccc(F)cc2)C1. The van der Waals surface area contributed by atoms with Gasteiger partial charge in [-0.15, -0.1) is 0 Å². The van der Waals surface area contributed by atoms with Crippen molar-refractivity contribution in [3.63, 3.8) is 0 Å². The maximum Gasteiger partial charge on any atom is 0.318 e. The lowest BCUT2D eigenvalue weighted by Crippen LogP contribution is -2.49. The number of amides is 2. The van der Waals surface area contributed by atoms with Crippen LogP contribution in [0.3, 0.4) is 0 Å². The minimum absolute atomic E-state index is 0.0332. The van der Waals surface area contributed by atoms with E-state index in [9.17, 15) is 9.18 Å². The smallest absolute Gasteiger partial charge is 0.318 e. The maximum absolute atomic E-state index is 13.4. The van der Waals surface area contributed by atoms with E-state index >= 15 is 0 Å². The molecule has 2 atom stereocenters. The van der Waals surface area contributed by atoms with Crippen molar-refractivity contribution >= 4 is 6.03 Å². The van der Waals surface area contributed by atoms with Crippen molar-refractivity contribution < 1.29 is 9.18 Å². The highest BCUT2D eigenvalue weighted by Gasteiger charge is 2.33. The third-order valence-electron chi connectivity index (χ3n) is 5.45. The molecule has 0 aliphatic carbocycles. The number of likely N-dealkylation sites (N-methyl/N-ethyl adjacent to an activating group) is 1. The third kappa shape index (κ3) is 3.31.